The fourth-order valence-electron chi connectivity index (χ4n) is 2.78. The molecular weight excluding hydrogens is 396 g/mol. The Morgan fingerprint density at radius 3 is 2.50 bits per heavy atom. The van der Waals surface area contributed by atoms with Crippen molar-refractivity contribution in [3.63, 3.8) is 0 Å². The van der Waals surface area contributed by atoms with Gasteiger partial charge in [-0.1, -0.05) is 44.2 Å². The summed E-state index contributed by atoms with van der Waals surface area (Å²) < 4.78 is 11.2. The Labute approximate surface area is 182 Å². The van der Waals surface area contributed by atoms with E-state index in [0.717, 1.165) is 17.0 Å². The van der Waals surface area contributed by atoms with Crippen LogP contribution in [0.15, 0.2) is 64.5 Å². The summed E-state index contributed by atoms with van der Waals surface area (Å²) in [5.74, 6) is 1.26. The summed E-state index contributed by atoms with van der Waals surface area (Å²) in [4.78, 5) is 20.1. The fraction of sp³-hybridized carbons (Fsp3) is 0.333. The molecule has 0 aliphatic carbocycles. The lowest BCUT2D eigenvalue weighted by Crippen LogP contribution is -2.32. The van der Waals surface area contributed by atoms with E-state index in [2.05, 4.69) is 18.8 Å². The van der Waals surface area contributed by atoms with Gasteiger partial charge in [-0.3, -0.25) is 9.69 Å². The van der Waals surface area contributed by atoms with E-state index in [1.54, 1.807) is 4.90 Å². The lowest BCUT2D eigenvalue weighted by Gasteiger charge is -2.15. The molecule has 2 aromatic rings. The summed E-state index contributed by atoms with van der Waals surface area (Å²) in [6.07, 6.45) is 1.90. The molecule has 0 spiro atoms. The number of aliphatic imine (C=N–C) groups is 1. The summed E-state index contributed by atoms with van der Waals surface area (Å²) in [7, 11) is 0. The van der Waals surface area contributed by atoms with Gasteiger partial charge in [0.15, 0.2) is 5.17 Å². The number of benzene rings is 2. The van der Waals surface area contributed by atoms with E-state index in [-0.39, 0.29) is 5.91 Å². The van der Waals surface area contributed by atoms with Crippen LogP contribution in [0.4, 0.5) is 5.69 Å². The van der Waals surface area contributed by atoms with Crippen LogP contribution in [0.2, 0.25) is 0 Å². The minimum Gasteiger partial charge on any atom is -0.493 e. The lowest BCUT2D eigenvalue weighted by atomic mass is 10.2. The summed E-state index contributed by atoms with van der Waals surface area (Å²) in [6, 6.07) is 17.5. The molecule has 1 fully saturated rings. The van der Waals surface area contributed by atoms with Crippen LogP contribution in [0.5, 0.6) is 5.75 Å². The molecule has 1 saturated heterocycles. The van der Waals surface area contributed by atoms with Crippen LogP contribution >= 0.6 is 11.8 Å². The van der Waals surface area contributed by atoms with Gasteiger partial charge < -0.3 is 9.47 Å². The Bertz CT molecular complexity index is 892. The molecule has 30 heavy (non-hydrogen) atoms. The molecule has 1 aliphatic rings. The third-order valence-corrected chi connectivity index (χ3v) is 5.30. The maximum atomic E-state index is 13.0. The molecule has 1 aliphatic heterocycles. The second-order valence-corrected chi connectivity index (χ2v) is 8.28. The molecule has 1 amide bonds. The molecule has 1 heterocycles. The SMILES string of the molecule is CCOCCN1C(=O)/C(=C/c2ccc(OCC(C)C)cc2)SC1=Nc1ccccc1. The molecule has 0 unspecified atom stereocenters. The van der Waals surface area contributed by atoms with Crippen LogP contribution in [0.3, 0.4) is 0 Å². The second kappa shape index (κ2) is 11.0. The van der Waals surface area contributed by atoms with Crippen LogP contribution < -0.4 is 4.74 Å². The number of amides is 1. The van der Waals surface area contributed by atoms with Gasteiger partial charge in [0.1, 0.15) is 5.75 Å². The quantitative estimate of drug-likeness (QED) is 0.402. The largest absolute Gasteiger partial charge is 0.493 e. The number of para-hydroxylation sites is 1. The van der Waals surface area contributed by atoms with Gasteiger partial charge in [-0.05, 0) is 60.5 Å². The number of amidine groups is 1. The number of ether oxygens (including phenoxy) is 2. The first-order valence-corrected chi connectivity index (χ1v) is 11.0. The van der Waals surface area contributed by atoms with Gasteiger partial charge in [-0.2, -0.15) is 0 Å². The zero-order chi connectivity index (χ0) is 21.3. The van der Waals surface area contributed by atoms with Crippen molar-refractivity contribution >= 4 is 34.6 Å². The molecule has 0 saturated carbocycles. The van der Waals surface area contributed by atoms with E-state index < -0.39 is 0 Å². The Hall–Kier alpha value is -2.57. The van der Waals surface area contributed by atoms with Crippen molar-refractivity contribution in [2.75, 3.05) is 26.4 Å². The molecule has 0 radical (unpaired) electrons. The highest BCUT2D eigenvalue weighted by molar-refractivity contribution is 8.18. The molecule has 5 nitrogen and oxygen atoms in total. The Morgan fingerprint density at radius 1 is 1.10 bits per heavy atom. The molecule has 0 bridgehead atoms. The fourth-order valence-corrected chi connectivity index (χ4v) is 3.80. The molecule has 2 aromatic carbocycles. The summed E-state index contributed by atoms with van der Waals surface area (Å²) in [5.41, 5.74) is 1.77. The van der Waals surface area contributed by atoms with Crippen LogP contribution in [0.1, 0.15) is 26.3 Å². The van der Waals surface area contributed by atoms with Gasteiger partial charge in [0.25, 0.3) is 5.91 Å². The van der Waals surface area contributed by atoms with E-state index in [4.69, 9.17) is 9.47 Å². The molecule has 158 valence electrons. The first kappa shape index (κ1) is 22.1. The molecular formula is C24H28N2O3S. The molecule has 6 heteroatoms. The number of nitrogens with zero attached hydrogens (tertiary/aromatic N) is 2. The highest BCUT2D eigenvalue weighted by Crippen LogP contribution is 2.34. The standard InChI is InChI=1S/C24H28N2O3S/c1-4-28-15-14-26-23(27)22(30-24(26)25-20-8-6-5-7-9-20)16-19-10-12-21(13-11-19)29-17-18(2)3/h5-13,16,18H,4,14-15,17H2,1-3H3/b22-16-,25-24?. The van der Waals surface area contributed by atoms with E-state index in [9.17, 15) is 4.79 Å². The maximum Gasteiger partial charge on any atom is 0.266 e. The van der Waals surface area contributed by atoms with Crippen molar-refractivity contribution in [3.05, 3.63) is 65.1 Å². The maximum absolute atomic E-state index is 13.0. The molecule has 0 aromatic heterocycles. The highest BCUT2D eigenvalue weighted by atomic mass is 32.2. The number of carbonyl (C=O) groups is 1. The number of carbonyl (C=O) groups excluding carboxylic acids is 1. The van der Waals surface area contributed by atoms with E-state index in [1.807, 2.05) is 67.6 Å². The van der Waals surface area contributed by atoms with E-state index in [1.165, 1.54) is 11.8 Å². The van der Waals surface area contributed by atoms with Crippen molar-refractivity contribution < 1.29 is 14.3 Å². The molecule has 0 atom stereocenters. The van der Waals surface area contributed by atoms with Gasteiger partial charge >= 0.3 is 0 Å². The lowest BCUT2D eigenvalue weighted by molar-refractivity contribution is -0.122. The van der Waals surface area contributed by atoms with Crippen LogP contribution in [-0.2, 0) is 9.53 Å². The third-order valence-electron chi connectivity index (χ3n) is 4.29. The van der Waals surface area contributed by atoms with Gasteiger partial charge in [-0.15, -0.1) is 0 Å². The van der Waals surface area contributed by atoms with Gasteiger partial charge in [0.2, 0.25) is 0 Å². The zero-order valence-electron chi connectivity index (χ0n) is 17.7. The number of hydrogen-bond acceptors (Lipinski definition) is 5. The van der Waals surface area contributed by atoms with Crippen LogP contribution in [-0.4, -0.2) is 42.3 Å². The second-order valence-electron chi connectivity index (χ2n) is 7.27. The monoisotopic (exact) mass is 424 g/mol. The van der Waals surface area contributed by atoms with Gasteiger partial charge in [0.05, 0.1) is 30.4 Å². The van der Waals surface area contributed by atoms with E-state index >= 15 is 0 Å². The number of thioether (sulfide) groups is 1. The smallest absolute Gasteiger partial charge is 0.266 e. The minimum atomic E-state index is -0.0467. The predicted octanol–water partition coefficient (Wildman–Crippen LogP) is 5.36. The topological polar surface area (TPSA) is 51.1 Å². The first-order valence-electron chi connectivity index (χ1n) is 10.2. The van der Waals surface area contributed by atoms with E-state index in [0.29, 0.717) is 42.4 Å². The Balaban J connectivity index is 1.79. The molecule has 3 rings (SSSR count). The van der Waals surface area contributed by atoms with Crippen molar-refractivity contribution in [2.45, 2.75) is 20.8 Å². The Morgan fingerprint density at radius 2 is 1.83 bits per heavy atom. The average molecular weight is 425 g/mol. The van der Waals surface area contributed by atoms with Crippen molar-refractivity contribution in [1.29, 1.82) is 0 Å². The van der Waals surface area contributed by atoms with Gasteiger partial charge in [0, 0.05) is 6.61 Å². The normalized spacial score (nSPS) is 16.8. The van der Waals surface area contributed by atoms with Gasteiger partial charge in [-0.25, -0.2) is 4.99 Å². The van der Waals surface area contributed by atoms with Crippen molar-refractivity contribution in [3.8, 4) is 5.75 Å². The third kappa shape index (κ3) is 6.21. The van der Waals surface area contributed by atoms with Crippen LogP contribution in [0, 0.1) is 5.92 Å². The predicted molar refractivity (Wildman–Crippen MR) is 124 cm³/mol. The van der Waals surface area contributed by atoms with Crippen LogP contribution in [0.25, 0.3) is 6.08 Å². The molecule has 0 N–H and O–H groups in total. The minimum absolute atomic E-state index is 0.0467. The Kier molecular flexibility index (Phi) is 8.11. The summed E-state index contributed by atoms with van der Waals surface area (Å²) in [6.45, 7) is 8.44. The summed E-state index contributed by atoms with van der Waals surface area (Å²) in [5, 5.41) is 0.675. The average Bonchev–Trinajstić information content (AvgIpc) is 3.03. The first-order chi connectivity index (χ1) is 14.6. The highest BCUT2D eigenvalue weighted by Gasteiger charge is 2.33. The number of rotatable bonds is 9. The number of hydrogen-bond donors (Lipinski definition) is 0. The summed E-state index contributed by atoms with van der Waals surface area (Å²) >= 11 is 1.39. The van der Waals surface area contributed by atoms with Crippen molar-refractivity contribution in [1.82, 2.24) is 4.90 Å². The zero-order valence-corrected chi connectivity index (χ0v) is 18.5. The van der Waals surface area contributed by atoms with Crippen molar-refractivity contribution in [2.24, 2.45) is 10.9 Å².